The monoisotopic (exact) mass is 221 g/mol. The SMILES string of the molecule is O=C(C1C2C3CCC(C3)C12)N1CCOCC1. The number of carbonyl (C=O) groups excluding carboxylic acids is 1. The van der Waals surface area contributed by atoms with Crippen LogP contribution in [0.5, 0.6) is 0 Å². The molecule has 4 aliphatic rings. The average molecular weight is 221 g/mol. The Hall–Kier alpha value is -0.570. The third kappa shape index (κ3) is 1.15. The number of rotatable bonds is 1. The molecule has 1 saturated heterocycles. The van der Waals surface area contributed by atoms with Crippen LogP contribution >= 0.6 is 0 Å². The van der Waals surface area contributed by atoms with Crippen LogP contribution in [0.25, 0.3) is 0 Å². The molecule has 1 heterocycles. The van der Waals surface area contributed by atoms with Crippen LogP contribution in [-0.2, 0) is 9.53 Å². The summed E-state index contributed by atoms with van der Waals surface area (Å²) < 4.78 is 5.30. The van der Waals surface area contributed by atoms with Gasteiger partial charge in [-0.25, -0.2) is 0 Å². The zero-order valence-electron chi connectivity index (χ0n) is 9.60. The fourth-order valence-corrected chi connectivity index (χ4v) is 4.65. The standard InChI is InChI=1S/C13H19NO2/c15-13(14-3-5-16-6-4-14)12-10-8-1-2-9(7-8)11(10)12/h8-12H,1-7H2. The van der Waals surface area contributed by atoms with Crippen molar-refractivity contribution >= 4 is 5.91 Å². The number of nitrogens with zero attached hydrogens (tertiary/aromatic N) is 1. The largest absolute Gasteiger partial charge is 0.378 e. The topological polar surface area (TPSA) is 29.5 Å². The Morgan fingerprint density at radius 2 is 1.69 bits per heavy atom. The zero-order chi connectivity index (χ0) is 10.7. The van der Waals surface area contributed by atoms with E-state index in [1.54, 1.807) is 0 Å². The van der Waals surface area contributed by atoms with Crippen molar-refractivity contribution in [3.05, 3.63) is 0 Å². The van der Waals surface area contributed by atoms with E-state index in [1.165, 1.54) is 19.3 Å². The van der Waals surface area contributed by atoms with Crippen molar-refractivity contribution in [1.82, 2.24) is 4.90 Å². The lowest BCUT2D eigenvalue weighted by Gasteiger charge is -2.27. The molecule has 3 saturated carbocycles. The average Bonchev–Trinajstić information content (AvgIpc) is 2.77. The highest BCUT2D eigenvalue weighted by atomic mass is 16.5. The van der Waals surface area contributed by atoms with Gasteiger partial charge in [0.25, 0.3) is 0 Å². The van der Waals surface area contributed by atoms with E-state index in [9.17, 15) is 4.79 Å². The molecule has 0 radical (unpaired) electrons. The predicted molar refractivity (Wildman–Crippen MR) is 58.7 cm³/mol. The van der Waals surface area contributed by atoms with Gasteiger partial charge in [-0.1, -0.05) is 0 Å². The molecule has 4 rings (SSSR count). The Bertz CT molecular complexity index is 308. The van der Waals surface area contributed by atoms with Crippen molar-refractivity contribution in [2.45, 2.75) is 19.3 Å². The van der Waals surface area contributed by atoms with Crippen LogP contribution in [0, 0.1) is 29.6 Å². The smallest absolute Gasteiger partial charge is 0.226 e. The minimum absolute atomic E-state index is 0.421. The summed E-state index contributed by atoms with van der Waals surface area (Å²) in [6, 6.07) is 0. The normalized spacial score (nSPS) is 49.2. The summed E-state index contributed by atoms with van der Waals surface area (Å²) in [7, 11) is 0. The maximum absolute atomic E-state index is 12.4. The molecule has 4 atom stereocenters. The van der Waals surface area contributed by atoms with Crippen molar-refractivity contribution in [2.75, 3.05) is 26.3 Å². The van der Waals surface area contributed by atoms with Crippen LogP contribution in [-0.4, -0.2) is 37.1 Å². The van der Waals surface area contributed by atoms with Crippen LogP contribution in [0.15, 0.2) is 0 Å². The maximum Gasteiger partial charge on any atom is 0.226 e. The van der Waals surface area contributed by atoms with Crippen molar-refractivity contribution in [3.63, 3.8) is 0 Å². The fourth-order valence-electron chi connectivity index (χ4n) is 4.65. The van der Waals surface area contributed by atoms with Gasteiger partial charge in [-0.2, -0.15) is 0 Å². The minimum Gasteiger partial charge on any atom is -0.378 e. The van der Waals surface area contributed by atoms with Crippen LogP contribution in [0.3, 0.4) is 0 Å². The van der Waals surface area contributed by atoms with E-state index in [-0.39, 0.29) is 0 Å². The molecule has 2 bridgehead atoms. The van der Waals surface area contributed by atoms with Crippen molar-refractivity contribution in [3.8, 4) is 0 Å². The lowest BCUT2D eigenvalue weighted by atomic mass is 10.0. The van der Waals surface area contributed by atoms with Crippen molar-refractivity contribution in [1.29, 1.82) is 0 Å². The molecule has 0 aromatic rings. The number of hydrogen-bond donors (Lipinski definition) is 0. The summed E-state index contributed by atoms with van der Waals surface area (Å²) in [5, 5.41) is 0. The number of amides is 1. The molecule has 0 N–H and O–H groups in total. The molecule has 3 aliphatic carbocycles. The molecule has 0 aromatic carbocycles. The summed E-state index contributed by atoms with van der Waals surface area (Å²) >= 11 is 0. The highest BCUT2D eigenvalue weighted by Gasteiger charge is 2.67. The first-order valence-electron chi connectivity index (χ1n) is 6.73. The molecular weight excluding hydrogens is 202 g/mol. The van der Waals surface area contributed by atoms with E-state index in [0.717, 1.165) is 50.0 Å². The first-order chi connectivity index (χ1) is 7.86. The minimum atomic E-state index is 0.421. The molecule has 88 valence electrons. The Morgan fingerprint density at radius 3 is 2.31 bits per heavy atom. The number of hydrogen-bond acceptors (Lipinski definition) is 2. The molecule has 0 spiro atoms. The second-order valence-corrected chi connectivity index (χ2v) is 5.95. The van der Waals surface area contributed by atoms with Gasteiger partial charge in [0.05, 0.1) is 13.2 Å². The Balaban J connectivity index is 1.46. The number of morpholine rings is 1. The number of ether oxygens (including phenoxy) is 1. The first-order valence-corrected chi connectivity index (χ1v) is 6.73. The lowest BCUT2D eigenvalue weighted by Crippen LogP contribution is -2.42. The van der Waals surface area contributed by atoms with E-state index in [1.807, 2.05) is 4.90 Å². The molecule has 0 aromatic heterocycles. The van der Waals surface area contributed by atoms with Gasteiger partial charge in [-0.15, -0.1) is 0 Å². The number of fused-ring (bicyclic) bond motifs is 5. The Labute approximate surface area is 96.1 Å². The van der Waals surface area contributed by atoms with E-state index >= 15 is 0 Å². The van der Waals surface area contributed by atoms with E-state index in [2.05, 4.69) is 0 Å². The predicted octanol–water partition coefficient (Wildman–Crippen LogP) is 1.14. The quantitative estimate of drug-likeness (QED) is 0.664. The van der Waals surface area contributed by atoms with Crippen LogP contribution in [0.1, 0.15) is 19.3 Å². The molecular formula is C13H19NO2. The number of carbonyl (C=O) groups is 1. The van der Waals surface area contributed by atoms with Gasteiger partial charge in [0, 0.05) is 19.0 Å². The Morgan fingerprint density at radius 1 is 1.06 bits per heavy atom. The fraction of sp³-hybridized carbons (Fsp3) is 0.923. The Kier molecular flexibility index (Phi) is 1.90. The van der Waals surface area contributed by atoms with E-state index < -0.39 is 0 Å². The van der Waals surface area contributed by atoms with Gasteiger partial charge in [0.1, 0.15) is 0 Å². The third-order valence-corrected chi connectivity index (χ3v) is 5.34. The van der Waals surface area contributed by atoms with Gasteiger partial charge in [-0.05, 0) is 42.9 Å². The molecule has 4 unspecified atom stereocenters. The summed E-state index contributed by atoms with van der Waals surface area (Å²) in [6.07, 6.45) is 4.24. The second kappa shape index (κ2) is 3.22. The van der Waals surface area contributed by atoms with E-state index in [4.69, 9.17) is 4.74 Å². The van der Waals surface area contributed by atoms with Crippen molar-refractivity contribution < 1.29 is 9.53 Å². The molecule has 4 fully saturated rings. The first kappa shape index (κ1) is 9.46. The molecule has 3 nitrogen and oxygen atoms in total. The third-order valence-electron chi connectivity index (χ3n) is 5.34. The second-order valence-electron chi connectivity index (χ2n) is 5.95. The van der Waals surface area contributed by atoms with E-state index in [0.29, 0.717) is 11.8 Å². The van der Waals surface area contributed by atoms with Crippen LogP contribution in [0.4, 0.5) is 0 Å². The molecule has 1 amide bonds. The summed E-state index contributed by atoms with van der Waals surface area (Å²) in [5.74, 6) is 4.26. The van der Waals surface area contributed by atoms with Gasteiger partial charge in [-0.3, -0.25) is 4.79 Å². The highest BCUT2D eigenvalue weighted by Crippen LogP contribution is 2.69. The lowest BCUT2D eigenvalue weighted by molar-refractivity contribution is -0.137. The summed E-state index contributed by atoms with van der Waals surface area (Å²) in [6.45, 7) is 3.12. The summed E-state index contributed by atoms with van der Waals surface area (Å²) in [4.78, 5) is 14.4. The van der Waals surface area contributed by atoms with Gasteiger partial charge < -0.3 is 9.64 Å². The summed E-state index contributed by atoms with van der Waals surface area (Å²) in [5.41, 5.74) is 0. The highest BCUT2D eigenvalue weighted by molar-refractivity contribution is 5.83. The molecule has 3 heteroatoms. The van der Waals surface area contributed by atoms with Gasteiger partial charge >= 0.3 is 0 Å². The van der Waals surface area contributed by atoms with Crippen LogP contribution in [0.2, 0.25) is 0 Å². The van der Waals surface area contributed by atoms with Gasteiger partial charge in [0.2, 0.25) is 5.91 Å². The van der Waals surface area contributed by atoms with Gasteiger partial charge in [0.15, 0.2) is 0 Å². The molecule has 1 aliphatic heterocycles. The van der Waals surface area contributed by atoms with Crippen molar-refractivity contribution in [2.24, 2.45) is 29.6 Å². The maximum atomic E-state index is 12.4. The molecule has 16 heavy (non-hydrogen) atoms. The van der Waals surface area contributed by atoms with Crippen LogP contribution < -0.4 is 0 Å². The zero-order valence-corrected chi connectivity index (χ0v) is 9.60.